The Balaban J connectivity index is 1.71. The van der Waals surface area contributed by atoms with Crippen LogP contribution in [0.25, 0.3) is 5.65 Å². The summed E-state index contributed by atoms with van der Waals surface area (Å²) >= 11 is 0. The van der Waals surface area contributed by atoms with Crippen LogP contribution in [-0.4, -0.2) is 50.2 Å². The largest absolute Gasteiger partial charge is 0.393 e. The molecule has 2 aromatic heterocycles. The molecule has 2 unspecified atom stereocenters. The molecular formula is C15H20N4O2. The quantitative estimate of drug-likeness (QED) is 0.925. The second-order valence-electron chi connectivity index (χ2n) is 5.81. The number of nitrogens with zero attached hydrogens (tertiary/aromatic N) is 4. The van der Waals surface area contributed by atoms with E-state index in [1.54, 1.807) is 41.0 Å². The lowest BCUT2D eigenvalue weighted by molar-refractivity contribution is 0.0451. The smallest absolute Gasteiger partial charge is 0.255 e. The summed E-state index contributed by atoms with van der Waals surface area (Å²) in [6.07, 6.45) is 7.09. The van der Waals surface area contributed by atoms with E-state index in [9.17, 15) is 9.90 Å². The average molecular weight is 288 g/mol. The van der Waals surface area contributed by atoms with Gasteiger partial charge in [0.05, 0.1) is 11.7 Å². The molecule has 1 aliphatic rings. The van der Waals surface area contributed by atoms with Crippen molar-refractivity contribution >= 4 is 11.6 Å². The predicted molar refractivity (Wildman–Crippen MR) is 77.9 cm³/mol. The van der Waals surface area contributed by atoms with Gasteiger partial charge in [-0.05, 0) is 25.0 Å². The molecule has 21 heavy (non-hydrogen) atoms. The molecule has 1 aliphatic carbocycles. The summed E-state index contributed by atoms with van der Waals surface area (Å²) < 4.78 is 1.73. The van der Waals surface area contributed by atoms with Crippen molar-refractivity contribution < 1.29 is 9.90 Å². The Labute approximate surface area is 123 Å². The maximum atomic E-state index is 12.5. The van der Waals surface area contributed by atoms with Gasteiger partial charge in [0, 0.05) is 25.7 Å². The SMILES string of the molecule is CN(CC1CCCCC1O)C(=O)c1ccc2nncn2c1. The zero-order valence-corrected chi connectivity index (χ0v) is 12.1. The van der Waals surface area contributed by atoms with Gasteiger partial charge in [0.15, 0.2) is 5.65 Å². The first kappa shape index (κ1) is 14.0. The number of rotatable bonds is 3. The molecule has 1 saturated carbocycles. The van der Waals surface area contributed by atoms with E-state index >= 15 is 0 Å². The topological polar surface area (TPSA) is 70.7 Å². The van der Waals surface area contributed by atoms with E-state index in [-0.39, 0.29) is 17.9 Å². The maximum absolute atomic E-state index is 12.5. The maximum Gasteiger partial charge on any atom is 0.255 e. The first-order valence-electron chi connectivity index (χ1n) is 7.38. The molecule has 1 N–H and O–H groups in total. The van der Waals surface area contributed by atoms with Crippen LogP contribution in [0.15, 0.2) is 24.7 Å². The molecule has 2 atom stereocenters. The number of aromatic nitrogens is 3. The van der Waals surface area contributed by atoms with Crippen LogP contribution in [0.2, 0.25) is 0 Å². The third-order valence-electron chi connectivity index (χ3n) is 4.26. The van der Waals surface area contributed by atoms with Crippen LogP contribution in [0, 0.1) is 5.92 Å². The Morgan fingerprint density at radius 1 is 1.43 bits per heavy atom. The van der Waals surface area contributed by atoms with Gasteiger partial charge in [-0.15, -0.1) is 10.2 Å². The van der Waals surface area contributed by atoms with Crippen LogP contribution in [0.1, 0.15) is 36.0 Å². The summed E-state index contributed by atoms with van der Waals surface area (Å²) in [5.74, 6) is 0.148. The number of hydrogen-bond acceptors (Lipinski definition) is 4. The number of amides is 1. The highest BCUT2D eigenvalue weighted by Gasteiger charge is 2.26. The van der Waals surface area contributed by atoms with Crippen molar-refractivity contribution in [3.8, 4) is 0 Å². The summed E-state index contributed by atoms with van der Waals surface area (Å²) in [6, 6.07) is 3.55. The number of carbonyl (C=O) groups excluding carboxylic acids is 1. The lowest BCUT2D eigenvalue weighted by Crippen LogP contribution is -2.38. The van der Waals surface area contributed by atoms with E-state index in [4.69, 9.17) is 0 Å². The minimum Gasteiger partial charge on any atom is -0.393 e. The Kier molecular flexibility index (Phi) is 3.88. The first-order valence-corrected chi connectivity index (χ1v) is 7.38. The minimum absolute atomic E-state index is 0.0385. The summed E-state index contributed by atoms with van der Waals surface area (Å²) in [5.41, 5.74) is 1.33. The van der Waals surface area contributed by atoms with E-state index in [1.165, 1.54) is 0 Å². The zero-order chi connectivity index (χ0) is 14.8. The molecule has 112 valence electrons. The number of carbonyl (C=O) groups is 1. The summed E-state index contributed by atoms with van der Waals surface area (Å²) in [5, 5.41) is 17.8. The highest BCUT2D eigenvalue weighted by Crippen LogP contribution is 2.25. The second-order valence-corrected chi connectivity index (χ2v) is 5.81. The van der Waals surface area contributed by atoms with Crippen LogP contribution < -0.4 is 0 Å². The van der Waals surface area contributed by atoms with E-state index in [2.05, 4.69) is 10.2 Å². The van der Waals surface area contributed by atoms with Crippen LogP contribution >= 0.6 is 0 Å². The Morgan fingerprint density at radius 2 is 2.24 bits per heavy atom. The molecule has 0 aromatic carbocycles. The molecule has 6 nitrogen and oxygen atoms in total. The molecule has 0 aliphatic heterocycles. The third kappa shape index (κ3) is 2.90. The molecule has 6 heteroatoms. The zero-order valence-electron chi connectivity index (χ0n) is 12.1. The van der Waals surface area contributed by atoms with Gasteiger partial charge >= 0.3 is 0 Å². The molecule has 0 saturated heterocycles. The lowest BCUT2D eigenvalue weighted by Gasteiger charge is -2.31. The summed E-state index contributed by atoms with van der Waals surface area (Å²) in [7, 11) is 1.79. The first-order chi connectivity index (χ1) is 10.1. The average Bonchev–Trinajstić information content (AvgIpc) is 2.96. The van der Waals surface area contributed by atoms with Crippen molar-refractivity contribution in [2.75, 3.05) is 13.6 Å². The minimum atomic E-state index is -0.283. The fraction of sp³-hybridized carbons (Fsp3) is 0.533. The van der Waals surface area contributed by atoms with E-state index in [1.807, 2.05) is 0 Å². The molecule has 2 heterocycles. The Bertz CT molecular complexity index is 639. The van der Waals surface area contributed by atoms with Gasteiger partial charge in [-0.3, -0.25) is 9.20 Å². The van der Waals surface area contributed by atoms with Crippen LogP contribution in [0.4, 0.5) is 0 Å². The van der Waals surface area contributed by atoms with Crippen molar-refractivity contribution in [3.63, 3.8) is 0 Å². The van der Waals surface area contributed by atoms with Crippen LogP contribution in [-0.2, 0) is 0 Å². The highest BCUT2D eigenvalue weighted by molar-refractivity contribution is 5.94. The fourth-order valence-corrected chi connectivity index (χ4v) is 3.01. The van der Waals surface area contributed by atoms with Crippen molar-refractivity contribution in [3.05, 3.63) is 30.2 Å². The lowest BCUT2D eigenvalue weighted by atomic mass is 9.86. The third-order valence-corrected chi connectivity index (χ3v) is 4.26. The van der Waals surface area contributed by atoms with Crippen molar-refractivity contribution in [1.82, 2.24) is 19.5 Å². The molecule has 0 bridgehead atoms. The molecular weight excluding hydrogens is 268 g/mol. The van der Waals surface area contributed by atoms with Crippen molar-refractivity contribution in [1.29, 1.82) is 0 Å². The standard InChI is InChI=1S/C15H20N4O2/c1-18(8-11-4-2-3-5-13(11)20)15(21)12-6-7-14-17-16-10-19(14)9-12/h6-7,9-11,13,20H,2-5,8H2,1H3. The number of aliphatic hydroxyl groups is 1. The van der Waals surface area contributed by atoms with Gasteiger partial charge < -0.3 is 10.0 Å². The summed E-state index contributed by atoms with van der Waals surface area (Å²) in [4.78, 5) is 14.2. The Hall–Kier alpha value is -1.95. The van der Waals surface area contributed by atoms with Crippen molar-refractivity contribution in [2.45, 2.75) is 31.8 Å². The van der Waals surface area contributed by atoms with Gasteiger partial charge in [0.2, 0.25) is 0 Å². The van der Waals surface area contributed by atoms with Gasteiger partial charge in [0.1, 0.15) is 6.33 Å². The van der Waals surface area contributed by atoms with Gasteiger partial charge in [0.25, 0.3) is 5.91 Å². The summed E-state index contributed by atoms with van der Waals surface area (Å²) in [6.45, 7) is 0.597. The van der Waals surface area contributed by atoms with Gasteiger partial charge in [-0.2, -0.15) is 0 Å². The normalized spacial score (nSPS) is 22.4. The fourth-order valence-electron chi connectivity index (χ4n) is 3.01. The van der Waals surface area contributed by atoms with E-state index in [0.29, 0.717) is 12.1 Å². The van der Waals surface area contributed by atoms with Crippen LogP contribution in [0.3, 0.4) is 0 Å². The molecule has 1 amide bonds. The molecule has 1 fully saturated rings. The van der Waals surface area contributed by atoms with Gasteiger partial charge in [-0.1, -0.05) is 12.8 Å². The number of hydrogen-bond donors (Lipinski definition) is 1. The number of fused-ring (bicyclic) bond motifs is 1. The molecule has 0 radical (unpaired) electrons. The highest BCUT2D eigenvalue weighted by atomic mass is 16.3. The number of aliphatic hydroxyl groups excluding tert-OH is 1. The Morgan fingerprint density at radius 3 is 3.05 bits per heavy atom. The van der Waals surface area contributed by atoms with Crippen LogP contribution in [0.5, 0.6) is 0 Å². The molecule has 2 aromatic rings. The predicted octanol–water partition coefficient (Wildman–Crippen LogP) is 1.35. The monoisotopic (exact) mass is 288 g/mol. The van der Waals surface area contributed by atoms with Crippen molar-refractivity contribution in [2.24, 2.45) is 5.92 Å². The van der Waals surface area contributed by atoms with E-state index in [0.717, 1.165) is 31.3 Å². The molecule has 3 rings (SSSR count). The number of pyridine rings is 1. The second kappa shape index (κ2) is 5.81. The van der Waals surface area contributed by atoms with Gasteiger partial charge in [-0.25, -0.2) is 0 Å². The van der Waals surface area contributed by atoms with E-state index < -0.39 is 0 Å². The molecule has 0 spiro atoms.